The quantitative estimate of drug-likeness (QED) is 0.437. The van der Waals surface area contributed by atoms with Crippen molar-refractivity contribution in [3.63, 3.8) is 0 Å². The molecule has 0 aliphatic carbocycles. The Morgan fingerprint density at radius 3 is 1.87 bits per heavy atom. The molecule has 1 aromatic heterocycles. The van der Waals surface area contributed by atoms with Crippen molar-refractivity contribution in [1.29, 1.82) is 0 Å². The molecule has 0 spiro atoms. The molecule has 31 heavy (non-hydrogen) atoms. The number of methoxy groups -OCH3 is 2. The van der Waals surface area contributed by atoms with Crippen LogP contribution < -0.4 is 15.0 Å². The van der Waals surface area contributed by atoms with Gasteiger partial charge in [-0.3, -0.25) is 4.79 Å². The van der Waals surface area contributed by atoms with Crippen molar-refractivity contribution >= 4 is 0 Å². The number of ether oxygens (including phenoxy) is 2. The SMILES string of the molecule is COc1ccc(-c2cc(-c3ccc(OC)cc3)c(=O)n(C(C)c3ccccc3)n2)cc1. The van der Waals surface area contributed by atoms with Gasteiger partial charge in [-0.15, -0.1) is 0 Å². The standard InChI is InChI=1S/C26H24N2O3/c1-18(19-7-5-4-6-8-19)28-26(29)24(20-9-13-22(30-2)14-10-20)17-25(27-28)21-11-15-23(31-3)16-12-21/h4-18H,1-3H3. The summed E-state index contributed by atoms with van der Waals surface area (Å²) < 4.78 is 12.1. The van der Waals surface area contributed by atoms with Gasteiger partial charge in [0, 0.05) is 5.56 Å². The van der Waals surface area contributed by atoms with Crippen molar-refractivity contribution < 1.29 is 9.47 Å². The molecule has 1 atom stereocenters. The van der Waals surface area contributed by atoms with E-state index in [2.05, 4.69) is 0 Å². The Hall–Kier alpha value is -3.86. The van der Waals surface area contributed by atoms with Crippen LogP contribution in [-0.2, 0) is 0 Å². The number of aromatic nitrogens is 2. The van der Waals surface area contributed by atoms with Gasteiger partial charge in [-0.05, 0) is 60.5 Å². The first-order valence-electron chi connectivity index (χ1n) is 10.1. The molecule has 5 nitrogen and oxygen atoms in total. The molecule has 156 valence electrons. The molecule has 3 aromatic carbocycles. The van der Waals surface area contributed by atoms with Gasteiger partial charge in [0.1, 0.15) is 11.5 Å². The third kappa shape index (κ3) is 4.21. The van der Waals surface area contributed by atoms with Crippen LogP contribution in [0.2, 0.25) is 0 Å². The first-order chi connectivity index (χ1) is 15.1. The molecule has 0 radical (unpaired) electrons. The normalized spacial score (nSPS) is 11.7. The lowest BCUT2D eigenvalue weighted by atomic mass is 10.0. The topological polar surface area (TPSA) is 53.4 Å². The van der Waals surface area contributed by atoms with E-state index in [0.717, 1.165) is 33.9 Å². The second kappa shape index (κ2) is 8.88. The van der Waals surface area contributed by atoms with Crippen LogP contribution in [0.3, 0.4) is 0 Å². The van der Waals surface area contributed by atoms with Crippen molar-refractivity contribution in [2.75, 3.05) is 14.2 Å². The fourth-order valence-corrected chi connectivity index (χ4v) is 3.53. The van der Waals surface area contributed by atoms with Gasteiger partial charge in [0.25, 0.3) is 5.56 Å². The maximum Gasteiger partial charge on any atom is 0.275 e. The van der Waals surface area contributed by atoms with Gasteiger partial charge in [0.15, 0.2) is 0 Å². The molecule has 0 fully saturated rings. The molecule has 1 heterocycles. The van der Waals surface area contributed by atoms with E-state index in [0.29, 0.717) is 5.56 Å². The summed E-state index contributed by atoms with van der Waals surface area (Å²) in [6, 6.07) is 26.7. The maximum atomic E-state index is 13.5. The molecule has 0 amide bonds. The van der Waals surface area contributed by atoms with Crippen LogP contribution in [-0.4, -0.2) is 24.0 Å². The lowest BCUT2D eigenvalue weighted by molar-refractivity contribution is 0.415. The third-order valence-electron chi connectivity index (χ3n) is 5.37. The predicted molar refractivity (Wildman–Crippen MR) is 123 cm³/mol. The van der Waals surface area contributed by atoms with Gasteiger partial charge in [0.05, 0.1) is 31.5 Å². The molecule has 1 unspecified atom stereocenters. The Morgan fingerprint density at radius 1 is 0.774 bits per heavy atom. The highest BCUT2D eigenvalue weighted by Crippen LogP contribution is 2.27. The number of hydrogen-bond acceptors (Lipinski definition) is 4. The van der Waals surface area contributed by atoms with E-state index in [9.17, 15) is 4.79 Å². The summed E-state index contributed by atoms with van der Waals surface area (Å²) >= 11 is 0. The average Bonchev–Trinajstić information content (AvgIpc) is 2.84. The van der Waals surface area contributed by atoms with E-state index in [1.54, 1.807) is 18.9 Å². The van der Waals surface area contributed by atoms with Crippen LogP contribution in [0.1, 0.15) is 18.5 Å². The summed E-state index contributed by atoms with van der Waals surface area (Å²) in [6.45, 7) is 1.99. The molecule has 0 aliphatic heterocycles. The van der Waals surface area contributed by atoms with Crippen LogP contribution in [0.5, 0.6) is 11.5 Å². The van der Waals surface area contributed by atoms with E-state index >= 15 is 0 Å². The Labute approximate surface area is 181 Å². The zero-order valence-corrected chi connectivity index (χ0v) is 17.8. The summed E-state index contributed by atoms with van der Waals surface area (Å²) in [5.74, 6) is 1.51. The number of benzene rings is 3. The van der Waals surface area contributed by atoms with E-state index in [-0.39, 0.29) is 11.6 Å². The monoisotopic (exact) mass is 412 g/mol. The molecule has 5 heteroatoms. The molecular weight excluding hydrogens is 388 g/mol. The summed E-state index contributed by atoms with van der Waals surface area (Å²) in [7, 11) is 3.26. The molecule has 0 aliphatic rings. The second-order valence-electron chi connectivity index (χ2n) is 7.24. The first-order valence-corrected chi connectivity index (χ1v) is 10.1. The highest BCUT2D eigenvalue weighted by Gasteiger charge is 2.17. The zero-order valence-electron chi connectivity index (χ0n) is 17.8. The van der Waals surface area contributed by atoms with E-state index < -0.39 is 0 Å². The third-order valence-corrected chi connectivity index (χ3v) is 5.37. The Kier molecular flexibility index (Phi) is 5.85. The van der Waals surface area contributed by atoms with Gasteiger partial charge in [0.2, 0.25) is 0 Å². The highest BCUT2D eigenvalue weighted by molar-refractivity contribution is 5.70. The van der Waals surface area contributed by atoms with Gasteiger partial charge < -0.3 is 9.47 Å². The average molecular weight is 412 g/mol. The highest BCUT2D eigenvalue weighted by atomic mass is 16.5. The van der Waals surface area contributed by atoms with Gasteiger partial charge in [-0.2, -0.15) is 5.10 Å². The Bertz CT molecular complexity index is 1210. The number of nitrogens with zero attached hydrogens (tertiary/aromatic N) is 2. The smallest absolute Gasteiger partial charge is 0.275 e. The summed E-state index contributed by atoms with van der Waals surface area (Å²) in [5.41, 5.74) is 3.91. The molecule has 0 saturated heterocycles. The molecule has 0 bridgehead atoms. The van der Waals surface area contributed by atoms with Crippen LogP contribution in [0.25, 0.3) is 22.4 Å². The van der Waals surface area contributed by atoms with Crippen LogP contribution in [0.4, 0.5) is 0 Å². The fraction of sp³-hybridized carbons (Fsp3) is 0.154. The van der Waals surface area contributed by atoms with Crippen LogP contribution in [0, 0.1) is 0 Å². The van der Waals surface area contributed by atoms with Crippen molar-refractivity contribution in [1.82, 2.24) is 9.78 Å². The lowest BCUT2D eigenvalue weighted by Gasteiger charge is -2.17. The van der Waals surface area contributed by atoms with E-state index in [4.69, 9.17) is 14.6 Å². The van der Waals surface area contributed by atoms with Crippen LogP contribution in [0.15, 0.2) is 89.7 Å². The van der Waals surface area contributed by atoms with Crippen LogP contribution >= 0.6 is 0 Å². The minimum Gasteiger partial charge on any atom is -0.497 e. The molecule has 4 rings (SSSR count). The van der Waals surface area contributed by atoms with E-state index in [1.807, 2.05) is 91.9 Å². The van der Waals surface area contributed by atoms with Crippen molar-refractivity contribution in [3.05, 3.63) is 101 Å². The summed E-state index contributed by atoms with van der Waals surface area (Å²) in [5, 5.41) is 4.73. The Morgan fingerprint density at radius 2 is 1.32 bits per heavy atom. The molecular formula is C26H24N2O3. The molecule has 0 N–H and O–H groups in total. The van der Waals surface area contributed by atoms with Crippen molar-refractivity contribution in [2.45, 2.75) is 13.0 Å². The largest absolute Gasteiger partial charge is 0.497 e. The maximum absolute atomic E-state index is 13.5. The summed E-state index contributed by atoms with van der Waals surface area (Å²) in [6.07, 6.45) is 0. The second-order valence-corrected chi connectivity index (χ2v) is 7.24. The molecule has 4 aromatic rings. The van der Waals surface area contributed by atoms with Gasteiger partial charge in [-0.25, -0.2) is 4.68 Å². The van der Waals surface area contributed by atoms with Crippen molar-refractivity contribution in [2.24, 2.45) is 0 Å². The van der Waals surface area contributed by atoms with Gasteiger partial charge in [-0.1, -0.05) is 42.5 Å². The number of rotatable bonds is 6. The van der Waals surface area contributed by atoms with E-state index in [1.165, 1.54) is 0 Å². The Balaban J connectivity index is 1.89. The fourth-order valence-electron chi connectivity index (χ4n) is 3.53. The zero-order chi connectivity index (χ0) is 21.8. The minimum absolute atomic E-state index is 0.140. The first kappa shape index (κ1) is 20.4. The summed E-state index contributed by atoms with van der Waals surface area (Å²) in [4.78, 5) is 13.5. The lowest BCUT2D eigenvalue weighted by Crippen LogP contribution is -2.28. The van der Waals surface area contributed by atoms with Gasteiger partial charge >= 0.3 is 0 Å². The molecule has 0 saturated carbocycles. The predicted octanol–water partition coefficient (Wildman–Crippen LogP) is 5.20. The minimum atomic E-state index is -0.219. The van der Waals surface area contributed by atoms with Crippen molar-refractivity contribution in [3.8, 4) is 33.9 Å². The number of hydrogen-bond donors (Lipinski definition) is 0.